The minimum Gasteiger partial charge on any atom is -0.459 e. The lowest BCUT2D eigenvalue weighted by atomic mass is 10.1. The van der Waals surface area contributed by atoms with Gasteiger partial charge in [0.1, 0.15) is 0 Å². The highest BCUT2D eigenvalue weighted by Gasteiger charge is 2.13. The van der Waals surface area contributed by atoms with E-state index in [1.807, 2.05) is 6.92 Å². The Kier molecular flexibility index (Phi) is 4.29. The largest absolute Gasteiger partial charge is 0.459 e. The maximum absolute atomic E-state index is 12.6. The lowest BCUT2D eigenvalue weighted by Crippen LogP contribution is -2.15. The van der Waals surface area contributed by atoms with Crippen molar-refractivity contribution in [3.63, 3.8) is 0 Å². The predicted octanol–water partition coefficient (Wildman–Crippen LogP) is 3.26. The van der Waals surface area contributed by atoms with Crippen LogP contribution in [0.2, 0.25) is 0 Å². The standard InChI is InChI=1S/C20H16N4O4/c1-11-4-5-12(9-15(11)22-19(26)17-3-2-8-28-17)18(25)21-13-6-7-14-16(10-13)24-20(27)23-14/h2-10H,1H3,(H,21,25)(H,22,26)(H2,23,24,27). The molecule has 8 heteroatoms. The molecule has 2 amide bonds. The molecule has 0 aliphatic heterocycles. The van der Waals surface area contributed by atoms with Gasteiger partial charge in [0.2, 0.25) is 0 Å². The monoisotopic (exact) mass is 376 g/mol. The van der Waals surface area contributed by atoms with E-state index in [1.165, 1.54) is 6.26 Å². The van der Waals surface area contributed by atoms with Crippen LogP contribution in [-0.2, 0) is 0 Å². The van der Waals surface area contributed by atoms with Crippen LogP contribution >= 0.6 is 0 Å². The molecule has 4 rings (SSSR count). The number of nitrogens with one attached hydrogen (secondary N) is 4. The Morgan fingerprint density at radius 1 is 0.929 bits per heavy atom. The van der Waals surface area contributed by atoms with E-state index in [2.05, 4.69) is 20.6 Å². The van der Waals surface area contributed by atoms with Crippen molar-refractivity contribution < 1.29 is 14.0 Å². The fourth-order valence-electron chi connectivity index (χ4n) is 2.80. The summed E-state index contributed by atoms with van der Waals surface area (Å²) in [6, 6.07) is 13.3. The zero-order chi connectivity index (χ0) is 19.7. The average molecular weight is 376 g/mol. The van der Waals surface area contributed by atoms with Crippen LogP contribution < -0.4 is 16.3 Å². The molecule has 8 nitrogen and oxygen atoms in total. The van der Waals surface area contributed by atoms with Gasteiger partial charge in [0.05, 0.1) is 17.3 Å². The van der Waals surface area contributed by atoms with Crippen molar-refractivity contribution >= 4 is 34.2 Å². The Morgan fingerprint density at radius 3 is 2.54 bits per heavy atom. The Hall–Kier alpha value is -4.07. The molecule has 0 spiro atoms. The van der Waals surface area contributed by atoms with Gasteiger partial charge in [-0.15, -0.1) is 0 Å². The smallest absolute Gasteiger partial charge is 0.323 e. The summed E-state index contributed by atoms with van der Waals surface area (Å²) in [7, 11) is 0. The molecule has 0 saturated carbocycles. The second kappa shape index (κ2) is 6.92. The number of fused-ring (bicyclic) bond motifs is 1. The van der Waals surface area contributed by atoms with Crippen molar-refractivity contribution in [3.05, 3.63) is 82.2 Å². The Morgan fingerprint density at radius 2 is 1.75 bits per heavy atom. The average Bonchev–Trinajstić information content (AvgIpc) is 3.32. The molecule has 0 bridgehead atoms. The van der Waals surface area contributed by atoms with Crippen molar-refractivity contribution in [1.82, 2.24) is 9.97 Å². The number of aryl methyl sites for hydroxylation is 1. The number of aromatic amines is 2. The van der Waals surface area contributed by atoms with Crippen LogP contribution in [0.5, 0.6) is 0 Å². The van der Waals surface area contributed by atoms with Crippen LogP contribution in [0, 0.1) is 6.92 Å². The fourth-order valence-corrected chi connectivity index (χ4v) is 2.80. The summed E-state index contributed by atoms with van der Waals surface area (Å²) in [4.78, 5) is 41.4. The molecule has 0 aliphatic carbocycles. The zero-order valence-electron chi connectivity index (χ0n) is 14.8. The third-order valence-electron chi connectivity index (χ3n) is 4.27. The first-order chi connectivity index (χ1) is 13.5. The summed E-state index contributed by atoms with van der Waals surface area (Å²) in [5, 5.41) is 5.52. The molecule has 0 unspecified atom stereocenters. The number of hydrogen-bond donors (Lipinski definition) is 4. The summed E-state index contributed by atoms with van der Waals surface area (Å²) >= 11 is 0. The Bertz CT molecular complexity index is 1230. The van der Waals surface area contributed by atoms with E-state index in [1.54, 1.807) is 48.5 Å². The first-order valence-corrected chi connectivity index (χ1v) is 8.48. The second-order valence-corrected chi connectivity index (χ2v) is 6.25. The number of imidazole rings is 1. The van der Waals surface area contributed by atoms with Crippen LogP contribution in [0.3, 0.4) is 0 Å². The summed E-state index contributed by atoms with van der Waals surface area (Å²) in [5.41, 5.74) is 3.17. The van der Waals surface area contributed by atoms with Crippen molar-refractivity contribution in [3.8, 4) is 0 Å². The number of aromatic nitrogens is 2. The molecule has 140 valence electrons. The van der Waals surface area contributed by atoms with Gasteiger partial charge in [-0.1, -0.05) is 6.07 Å². The molecular weight excluding hydrogens is 360 g/mol. The second-order valence-electron chi connectivity index (χ2n) is 6.25. The molecule has 2 heterocycles. The van der Waals surface area contributed by atoms with E-state index in [0.717, 1.165) is 5.56 Å². The maximum atomic E-state index is 12.6. The molecule has 2 aromatic heterocycles. The molecule has 0 aliphatic rings. The van der Waals surface area contributed by atoms with E-state index in [-0.39, 0.29) is 17.4 Å². The van der Waals surface area contributed by atoms with E-state index in [9.17, 15) is 14.4 Å². The van der Waals surface area contributed by atoms with Gasteiger partial charge in [0.25, 0.3) is 11.8 Å². The van der Waals surface area contributed by atoms with Crippen LogP contribution in [0.15, 0.2) is 64.0 Å². The number of furan rings is 1. The number of anilines is 2. The fraction of sp³-hybridized carbons (Fsp3) is 0.0500. The number of carbonyl (C=O) groups is 2. The number of hydrogen-bond acceptors (Lipinski definition) is 4. The zero-order valence-corrected chi connectivity index (χ0v) is 14.8. The van der Waals surface area contributed by atoms with Gasteiger partial charge in [-0.25, -0.2) is 4.79 Å². The van der Waals surface area contributed by atoms with Gasteiger partial charge in [-0.05, 0) is 55.0 Å². The molecule has 0 saturated heterocycles. The van der Waals surface area contributed by atoms with Crippen LogP contribution in [0.4, 0.5) is 11.4 Å². The number of carbonyl (C=O) groups excluding carboxylic acids is 2. The molecular formula is C20H16N4O4. The highest BCUT2D eigenvalue weighted by molar-refractivity contribution is 6.07. The maximum Gasteiger partial charge on any atom is 0.323 e. The van der Waals surface area contributed by atoms with Gasteiger partial charge < -0.3 is 25.0 Å². The summed E-state index contributed by atoms with van der Waals surface area (Å²) in [5.74, 6) is -0.554. The topological polar surface area (TPSA) is 120 Å². The Balaban J connectivity index is 1.55. The molecule has 0 radical (unpaired) electrons. The van der Waals surface area contributed by atoms with Gasteiger partial charge in [0, 0.05) is 16.9 Å². The summed E-state index contributed by atoms with van der Waals surface area (Å²) in [6.07, 6.45) is 1.42. The minimum absolute atomic E-state index is 0.183. The summed E-state index contributed by atoms with van der Waals surface area (Å²) in [6.45, 7) is 1.83. The minimum atomic E-state index is -0.396. The third kappa shape index (κ3) is 3.43. The van der Waals surface area contributed by atoms with Crippen molar-refractivity contribution in [2.75, 3.05) is 10.6 Å². The van der Waals surface area contributed by atoms with Gasteiger partial charge in [0.15, 0.2) is 5.76 Å². The first kappa shape index (κ1) is 17.3. The number of benzene rings is 2. The van der Waals surface area contributed by atoms with Crippen molar-refractivity contribution in [2.24, 2.45) is 0 Å². The van der Waals surface area contributed by atoms with E-state index < -0.39 is 5.91 Å². The van der Waals surface area contributed by atoms with E-state index in [4.69, 9.17) is 4.42 Å². The number of amides is 2. The lowest BCUT2D eigenvalue weighted by molar-refractivity contribution is 0.0993. The first-order valence-electron chi connectivity index (χ1n) is 8.48. The summed E-state index contributed by atoms with van der Waals surface area (Å²) < 4.78 is 5.08. The van der Waals surface area contributed by atoms with Gasteiger partial charge in [-0.3, -0.25) is 9.59 Å². The lowest BCUT2D eigenvalue weighted by Gasteiger charge is -2.10. The van der Waals surface area contributed by atoms with Crippen LogP contribution in [0.1, 0.15) is 26.5 Å². The predicted molar refractivity (Wildman–Crippen MR) is 105 cm³/mol. The van der Waals surface area contributed by atoms with Crippen molar-refractivity contribution in [1.29, 1.82) is 0 Å². The van der Waals surface area contributed by atoms with Crippen molar-refractivity contribution in [2.45, 2.75) is 6.92 Å². The SMILES string of the molecule is Cc1ccc(C(=O)Nc2ccc3[nH]c(=O)[nH]c3c2)cc1NC(=O)c1ccco1. The highest BCUT2D eigenvalue weighted by atomic mass is 16.3. The molecule has 28 heavy (non-hydrogen) atoms. The van der Waals surface area contributed by atoms with Gasteiger partial charge in [-0.2, -0.15) is 0 Å². The Labute approximate surface area is 158 Å². The number of rotatable bonds is 4. The van der Waals surface area contributed by atoms with Gasteiger partial charge >= 0.3 is 5.69 Å². The quantitative estimate of drug-likeness (QED) is 0.437. The van der Waals surface area contributed by atoms with Crippen LogP contribution in [-0.4, -0.2) is 21.8 Å². The molecule has 4 N–H and O–H groups in total. The highest BCUT2D eigenvalue weighted by Crippen LogP contribution is 2.20. The van der Waals surface area contributed by atoms with E-state index >= 15 is 0 Å². The number of H-pyrrole nitrogens is 2. The molecule has 2 aromatic carbocycles. The molecule has 4 aromatic rings. The third-order valence-corrected chi connectivity index (χ3v) is 4.27. The molecule has 0 atom stereocenters. The van der Waals surface area contributed by atoms with Crippen LogP contribution in [0.25, 0.3) is 11.0 Å². The van der Waals surface area contributed by atoms with E-state index in [0.29, 0.717) is 28.0 Å². The normalized spacial score (nSPS) is 10.8. The molecule has 0 fully saturated rings.